The van der Waals surface area contributed by atoms with Crippen LogP contribution in [0.5, 0.6) is 11.5 Å². The van der Waals surface area contributed by atoms with Gasteiger partial charge in [0, 0.05) is 11.6 Å². The monoisotopic (exact) mass is 432 g/mol. The molecule has 0 radical (unpaired) electrons. The fourth-order valence-electron chi connectivity index (χ4n) is 2.69. The molecule has 1 fully saturated rings. The molecule has 4 rings (SSSR count). The molecule has 0 spiro atoms. The van der Waals surface area contributed by atoms with Gasteiger partial charge in [-0.05, 0) is 55.3 Å². The Hall–Kier alpha value is -3.31. The highest BCUT2D eigenvalue weighted by Gasteiger charge is 2.27. The van der Waals surface area contributed by atoms with Crippen molar-refractivity contribution in [1.82, 2.24) is 15.5 Å². The fourth-order valence-corrected chi connectivity index (χ4v) is 4.00. The van der Waals surface area contributed by atoms with E-state index < -0.39 is 21.8 Å². The van der Waals surface area contributed by atoms with Gasteiger partial charge in [0.05, 0.1) is 17.1 Å². The number of amides is 2. The summed E-state index contributed by atoms with van der Waals surface area (Å²) in [5.74, 6) is 0.138. The van der Waals surface area contributed by atoms with Crippen LogP contribution in [0.1, 0.15) is 23.2 Å². The van der Waals surface area contributed by atoms with E-state index in [1.54, 1.807) is 18.2 Å². The summed E-state index contributed by atoms with van der Waals surface area (Å²) in [6.07, 6.45) is 1.71. The Morgan fingerprint density at radius 2 is 1.73 bits per heavy atom. The highest BCUT2D eigenvalue weighted by atomic mass is 32.2. The van der Waals surface area contributed by atoms with Gasteiger partial charge in [-0.25, -0.2) is 13.1 Å². The van der Waals surface area contributed by atoms with Crippen molar-refractivity contribution in [3.63, 3.8) is 0 Å². The average Bonchev–Trinajstić information content (AvgIpc) is 3.41. The van der Waals surface area contributed by atoms with Crippen molar-refractivity contribution >= 4 is 27.5 Å². The van der Waals surface area contributed by atoms with Crippen LogP contribution in [0.15, 0.2) is 47.4 Å². The Labute approximate surface area is 173 Å². The number of benzene rings is 2. The van der Waals surface area contributed by atoms with E-state index in [1.165, 1.54) is 24.3 Å². The summed E-state index contributed by atoms with van der Waals surface area (Å²) in [6.45, 7) is -0.142. The van der Waals surface area contributed by atoms with Crippen LogP contribution in [0.3, 0.4) is 0 Å². The Morgan fingerprint density at radius 3 is 2.47 bits per heavy atom. The van der Waals surface area contributed by atoms with E-state index in [4.69, 9.17) is 9.47 Å². The first kappa shape index (κ1) is 20.0. The molecule has 2 aromatic carbocycles. The smallest absolute Gasteiger partial charge is 0.257 e. The lowest BCUT2D eigenvalue weighted by molar-refractivity contribution is -0.119. The average molecular weight is 432 g/mol. The van der Waals surface area contributed by atoms with Gasteiger partial charge in [0.1, 0.15) is 0 Å². The summed E-state index contributed by atoms with van der Waals surface area (Å²) in [5, 5.41) is 2.50. The Morgan fingerprint density at radius 1 is 1.00 bits per heavy atom. The second kappa shape index (κ2) is 8.20. The van der Waals surface area contributed by atoms with Crippen LogP contribution in [0, 0.1) is 0 Å². The maximum absolute atomic E-state index is 12.2. The van der Waals surface area contributed by atoms with Gasteiger partial charge in [-0.2, -0.15) is 0 Å². The quantitative estimate of drug-likeness (QED) is 0.452. The first-order valence-corrected chi connectivity index (χ1v) is 10.7. The van der Waals surface area contributed by atoms with Crippen LogP contribution in [0.4, 0.5) is 5.69 Å². The van der Waals surface area contributed by atoms with Gasteiger partial charge in [-0.1, -0.05) is 0 Å². The zero-order chi connectivity index (χ0) is 21.1. The lowest BCUT2D eigenvalue weighted by Crippen LogP contribution is -2.39. The number of hydrogen-bond acceptors (Lipinski definition) is 7. The van der Waals surface area contributed by atoms with Gasteiger partial charge >= 0.3 is 0 Å². The van der Waals surface area contributed by atoms with Gasteiger partial charge in [0.25, 0.3) is 11.8 Å². The minimum absolute atomic E-state index is 0.0277. The highest BCUT2D eigenvalue weighted by molar-refractivity contribution is 7.89. The molecular weight excluding hydrogens is 412 g/mol. The molecule has 4 N–H and O–H groups in total. The maximum atomic E-state index is 12.2. The van der Waals surface area contributed by atoms with E-state index in [0.717, 1.165) is 12.8 Å². The van der Waals surface area contributed by atoms with Gasteiger partial charge < -0.3 is 14.8 Å². The lowest BCUT2D eigenvalue weighted by atomic mass is 10.2. The highest BCUT2D eigenvalue weighted by Crippen LogP contribution is 2.32. The third-order valence-electron chi connectivity index (χ3n) is 4.45. The lowest BCUT2D eigenvalue weighted by Gasteiger charge is -2.11. The number of ether oxygens (including phenoxy) is 2. The normalized spacial score (nSPS) is 14.8. The summed E-state index contributed by atoms with van der Waals surface area (Å²) in [5.41, 5.74) is 5.95. The fraction of sp³-hybridized carbons (Fsp3) is 0.263. The standard InChI is InChI=1S/C19H20N4O6S/c24-18(10-20-19(25)12-1-8-16-17(9-12)29-11-28-16)22-21-13-4-6-15(7-5-13)30(26,27)23-14-2-3-14/h1,4-9,14,21,23H,2-3,10-11H2,(H,20,25)(H,22,24). The van der Waals surface area contributed by atoms with E-state index in [0.29, 0.717) is 22.7 Å². The zero-order valence-corrected chi connectivity index (χ0v) is 16.6. The molecule has 0 unspecified atom stereocenters. The molecule has 11 heteroatoms. The molecule has 158 valence electrons. The van der Waals surface area contributed by atoms with Gasteiger partial charge in [0.15, 0.2) is 11.5 Å². The van der Waals surface area contributed by atoms with Gasteiger partial charge in [0.2, 0.25) is 16.8 Å². The van der Waals surface area contributed by atoms with Crippen LogP contribution in [0.25, 0.3) is 0 Å². The van der Waals surface area contributed by atoms with E-state index in [-0.39, 0.29) is 24.3 Å². The molecule has 0 saturated heterocycles. The molecule has 0 bridgehead atoms. The van der Waals surface area contributed by atoms with E-state index in [2.05, 4.69) is 20.9 Å². The molecule has 0 atom stereocenters. The summed E-state index contributed by atoms with van der Waals surface area (Å²) >= 11 is 0. The first-order chi connectivity index (χ1) is 14.4. The Balaban J connectivity index is 1.24. The van der Waals surface area contributed by atoms with Gasteiger partial charge in [-0.3, -0.25) is 20.4 Å². The largest absolute Gasteiger partial charge is 0.454 e. The van der Waals surface area contributed by atoms with Crippen molar-refractivity contribution in [3.05, 3.63) is 48.0 Å². The molecule has 1 aliphatic carbocycles. The third kappa shape index (κ3) is 4.81. The van der Waals surface area contributed by atoms with Crippen molar-refractivity contribution in [2.75, 3.05) is 18.8 Å². The van der Waals surface area contributed by atoms with Crippen LogP contribution in [0.2, 0.25) is 0 Å². The zero-order valence-electron chi connectivity index (χ0n) is 15.8. The van der Waals surface area contributed by atoms with E-state index >= 15 is 0 Å². The molecule has 2 aliphatic rings. The second-order valence-corrected chi connectivity index (χ2v) is 8.56. The molecular formula is C19H20N4O6S. The SMILES string of the molecule is O=C(CNC(=O)c1ccc2c(c1)OCO2)NNc1ccc(S(=O)(=O)NC2CC2)cc1. The van der Waals surface area contributed by atoms with Crippen LogP contribution in [-0.2, 0) is 14.8 Å². The summed E-state index contributed by atoms with van der Waals surface area (Å²) in [4.78, 5) is 24.3. The molecule has 1 saturated carbocycles. The van der Waals surface area contributed by atoms with Crippen LogP contribution < -0.4 is 30.4 Å². The maximum Gasteiger partial charge on any atom is 0.257 e. The third-order valence-corrected chi connectivity index (χ3v) is 5.99. The Kier molecular flexibility index (Phi) is 5.46. The number of sulfonamides is 1. The molecule has 1 aliphatic heterocycles. The predicted molar refractivity (Wildman–Crippen MR) is 106 cm³/mol. The molecule has 1 heterocycles. The summed E-state index contributed by atoms with van der Waals surface area (Å²) in [7, 11) is -3.52. The topological polar surface area (TPSA) is 135 Å². The minimum Gasteiger partial charge on any atom is -0.454 e. The van der Waals surface area contributed by atoms with Crippen molar-refractivity contribution in [1.29, 1.82) is 0 Å². The molecule has 30 heavy (non-hydrogen) atoms. The van der Waals surface area contributed by atoms with E-state index in [1.807, 2.05) is 0 Å². The number of rotatable bonds is 8. The van der Waals surface area contributed by atoms with Crippen molar-refractivity contribution < 1.29 is 27.5 Å². The van der Waals surface area contributed by atoms with Crippen molar-refractivity contribution in [2.24, 2.45) is 0 Å². The minimum atomic E-state index is -3.52. The number of carbonyl (C=O) groups is 2. The van der Waals surface area contributed by atoms with Gasteiger partial charge in [-0.15, -0.1) is 0 Å². The first-order valence-electron chi connectivity index (χ1n) is 9.26. The molecule has 0 aromatic heterocycles. The number of anilines is 1. The van der Waals surface area contributed by atoms with Crippen LogP contribution in [-0.4, -0.2) is 39.6 Å². The van der Waals surface area contributed by atoms with Crippen molar-refractivity contribution in [2.45, 2.75) is 23.8 Å². The number of fused-ring (bicyclic) bond motifs is 1. The second-order valence-electron chi connectivity index (χ2n) is 6.84. The molecule has 2 amide bonds. The summed E-state index contributed by atoms with van der Waals surface area (Å²) in [6, 6.07) is 10.7. The molecule has 10 nitrogen and oxygen atoms in total. The predicted octanol–water partition coefficient (Wildman–Crippen LogP) is 0.729. The Bertz CT molecular complexity index is 1070. The van der Waals surface area contributed by atoms with Crippen molar-refractivity contribution in [3.8, 4) is 11.5 Å². The summed E-state index contributed by atoms with van der Waals surface area (Å²) < 4.78 is 37.3. The van der Waals surface area contributed by atoms with E-state index in [9.17, 15) is 18.0 Å². The number of hydrogen-bond donors (Lipinski definition) is 4. The number of carbonyl (C=O) groups excluding carboxylic acids is 2. The number of hydrazine groups is 1. The van der Waals surface area contributed by atoms with Crippen LogP contribution >= 0.6 is 0 Å². The molecule has 2 aromatic rings. The number of nitrogens with one attached hydrogen (secondary N) is 4.